The first kappa shape index (κ1) is 23.7. The van der Waals surface area contributed by atoms with Crippen LogP contribution in [0.1, 0.15) is 21.5 Å². The minimum Gasteiger partial charge on any atom is -0.497 e. The van der Waals surface area contributed by atoms with Crippen molar-refractivity contribution >= 4 is 11.9 Å². The summed E-state index contributed by atoms with van der Waals surface area (Å²) in [6, 6.07) is 22.0. The number of rotatable bonds is 10. The van der Waals surface area contributed by atoms with Crippen LogP contribution in [0.2, 0.25) is 0 Å². The Bertz CT molecular complexity index is 1040. The first-order chi connectivity index (χ1) is 16.0. The number of nitrogens with zero attached hydrogens (tertiary/aromatic N) is 1. The molecule has 0 spiro atoms. The van der Waals surface area contributed by atoms with Gasteiger partial charge in [0.25, 0.3) is 5.91 Å². The quantitative estimate of drug-likeness (QED) is 0.434. The summed E-state index contributed by atoms with van der Waals surface area (Å²) < 4.78 is 21.2. The minimum absolute atomic E-state index is 0.174. The van der Waals surface area contributed by atoms with Gasteiger partial charge in [-0.2, -0.15) is 0 Å². The normalized spacial score (nSPS) is 10.3. The van der Waals surface area contributed by atoms with Crippen molar-refractivity contribution in [3.63, 3.8) is 0 Å². The van der Waals surface area contributed by atoms with Crippen LogP contribution in [0.25, 0.3) is 0 Å². The number of carbonyl (C=O) groups excluding carboxylic acids is 2. The molecule has 0 aliphatic rings. The largest absolute Gasteiger partial charge is 0.497 e. The smallest absolute Gasteiger partial charge is 0.325 e. The van der Waals surface area contributed by atoms with Crippen LogP contribution in [0.3, 0.4) is 0 Å². The van der Waals surface area contributed by atoms with E-state index in [4.69, 9.17) is 18.9 Å². The molecule has 0 aliphatic carbocycles. The fraction of sp³-hybridized carbons (Fsp3) is 0.231. The SMILES string of the molecule is COC(=O)CN(Cc1cc(OC)cc(OC)c1)C(=O)c1ccc(OCc2ccccc2)cc1. The van der Waals surface area contributed by atoms with Gasteiger partial charge in [0.15, 0.2) is 0 Å². The maximum atomic E-state index is 13.2. The van der Waals surface area contributed by atoms with E-state index >= 15 is 0 Å². The second kappa shape index (κ2) is 11.6. The van der Waals surface area contributed by atoms with E-state index in [0.717, 1.165) is 11.1 Å². The van der Waals surface area contributed by atoms with Crippen LogP contribution < -0.4 is 14.2 Å². The molecule has 7 heteroatoms. The van der Waals surface area contributed by atoms with Crippen LogP contribution in [-0.4, -0.2) is 44.7 Å². The minimum atomic E-state index is -0.513. The van der Waals surface area contributed by atoms with Gasteiger partial charge in [-0.15, -0.1) is 0 Å². The van der Waals surface area contributed by atoms with E-state index in [1.54, 1.807) is 56.7 Å². The van der Waals surface area contributed by atoms with Gasteiger partial charge in [-0.05, 0) is 47.5 Å². The fourth-order valence-electron chi connectivity index (χ4n) is 3.22. The van der Waals surface area contributed by atoms with Crippen molar-refractivity contribution in [2.24, 2.45) is 0 Å². The molecule has 3 aromatic rings. The zero-order valence-corrected chi connectivity index (χ0v) is 18.9. The molecule has 0 unspecified atom stereocenters. The molecule has 3 aromatic carbocycles. The number of ether oxygens (including phenoxy) is 4. The van der Waals surface area contributed by atoms with E-state index in [1.165, 1.54) is 12.0 Å². The van der Waals surface area contributed by atoms with E-state index in [9.17, 15) is 9.59 Å². The lowest BCUT2D eigenvalue weighted by molar-refractivity contribution is -0.141. The summed E-state index contributed by atoms with van der Waals surface area (Å²) in [7, 11) is 4.40. The highest BCUT2D eigenvalue weighted by atomic mass is 16.5. The summed E-state index contributed by atoms with van der Waals surface area (Å²) >= 11 is 0. The Hall–Kier alpha value is -4.00. The molecule has 0 aromatic heterocycles. The number of carbonyl (C=O) groups is 2. The van der Waals surface area contributed by atoms with E-state index < -0.39 is 5.97 Å². The van der Waals surface area contributed by atoms with Crippen molar-refractivity contribution in [1.82, 2.24) is 4.90 Å². The Morgan fingerprint density at radius 2 is 1.39 bits per heavy atom. The number of hydrogen-bond acceptors (Lipinski definition) is 6. The van der Waals surface area contributed by atoms with Gasteiger partial charge in [-0.25, -0.2) is 0 Å². The molecule has 0 fully saturated rings. The maximum absolute atomic E-state index is 13.2. The predicted molar refractivity (Wildman–Crippen MR) is 124 cm³/mol. The van der Waals surface area contributed by atoms with Crippen LogP contribution in [0.4, 0.5) is 0 Å². The van der Waals surface area contributed by atoms with Crippen molar-refractivity contribution in [1.29, 1.82) is 0 Å². The third kappa shape index (κ3) is 6.74. The molecular formula is C26H27NO6. The van der Waals surface area contributed by atoms with Crippen molar-refractivity contribution < 1.29 is 28.5 Å². The molecule has 3 rings (SSSR count). The Kier molecular flexibility index (Phi) is 8.30. The number of hydrogen-bond donors (Lipinski definition) is 0. The number of amides is 1. The van der Waals surface area contributed by atoms with Crippen molar-refractivity contribution in [3.05, 3.63) is 89.5 Å². The third-order valence-electron chi connectivity index (χ3n) is 4.97. The van der Waals surface area contributed by atoms with Crippen LogP contribution in [-0.2, 0) is 22.7 Å². The van der Waals surface area contributed by atoms with Gasteiger partial charge in [-0.1, -0.05) is 30.3 Å². The summed E-state index contributed by atoms with van der Waals surface area (Å²) in [6.07, 6.45) is 0. The lowest BCUT2D eigenvalue weighted by Gasteiger charge is -2.22. The zero-order chi connectivity index (χ0) is 23.6. The molecule has 0 N–H and O–H groups in total. The fourth-order valence-corrected chi connectivity index (χ4v) is 3.22. The molecule has 33 heavy (non-hydrogen) atoms. The molecule has 172 valence electrons. The summed E-state index contributed by atoms with van der Waals surface area (Å²) in [5.41, 5.74) is 2.24. The van der Waals surface area contributed by atoms with Gasteiger partial charge >= 0.3 is 5.97 Å². The summed E-state index contributed by atoms with van der Waals surface area (Å²) in [5.74, 6) is 1.01. The van der Waals surface area contributed by atoms with Gasteiger partial charge in [0.1, 0.15) is 30.4 Å². The lowest BCUT2D eigenvalue weighted by Crippen LogP contribution is -2.35. The molecule has 1 amide bonds. The molecule has 0 saturated heterocycles. The average Bonchev–Trinajstić information content (AvgIpc) is 2.87. The molecule has 0 radical (unpaired) electrons. The lowest BCUT2D eigenvalue weighted by atomic mass is 10.1. The molecule has 0 aliphatic heterocycles. The van der Waals surface area contributed by atoms with Crippen molar-refractivity contribution in [2.45, 2.75) is 13.2 Å². The zero-order valence-electron chi connectivity index (χ0n) is 18.9. The van der Waals surface area contributed by atoms with Crippen LogP contribution in [0.15, 0.2) is 72.8 Å². The van der Waals surface area contributed by atoms with E-state index in [1.807, 2.05) is 30.3 Å². The highest BCUT2D eigenvalue weighted by Gasteiger charge is 2.20. The van der Waals surface area contributed by atoms with Gasteiger partial charge in [0.05, 0.1) is 21.3 Å². The van der Waals surface area contributed by atoms with Crippen molar-refractivity contribution in [2.75, 3.05) is 27.9 Å². The standard InChI is InChI=1S/C26H27NO6/c1-30-23-13-20(14-24(15-23)31-2)16-27(17-25(28)32-3)26(29)21-9-11-22(12-10-21)33-18-19-7-5-4-6-8-19/h4-15H,16-18H2,1-3H3. The Morgan fingerprint density at radius 3 is 1.97 bits per heavy atom. The second-order valence-corrected chi connectivity index (χ2v) is 7.26. The molecule has 0 heterocycles. The molecule has 0 bridgehead atoms. The Balaban J connectivity index is 1.75. The van der Waals surface area contributed by atoms with Gasteiger partial charge < -0.3 is 23.8 Å². The van der Waals surface area contributed by atoms with Crippen LogP contribution >= 0.6 is 0 Å². The summed E-state index contributed by atoms with van der Waals surface area (Å²) in [6.45, 7) is 0.412. The third-order valence-corrected chi connectivity index (χ3v) is 4.97. The number of methoxy groups -OCH3 is 3. The predicted octanol–water partition coefficient (Wildman–Crippen LogP) is 4.10. The highest BCUT2D eigenvalue weighted by molar-refractivity contribution is 5.96. The topological polar surface area (TPSA) is 74.3 Å². The molecule has 7 nitrogen and oxygen atoms in total. The first-order valence-electron chi connectivity index (χ1n) is 10.4. The number of benzene rings is 3. The Morgan fingerprint density at radius 1 is 0.758 bits per heavy atom. The van der Waals surface area contributed by atoms with Crippen molar-refractivity contribution in [3.8, 4) is 17.2 Å². The van der Waals surface area contributed by atoms with E-state index in [2.05, 4.69) is 0 Å². The van der Waals surface area contributed by atoms with Crippen LogP contribution in [0.5, 0.6) is 17.2 Å². The van der Waals surface area contributed by atoms with E-state index in [0.29, 0.717) is 29.4 Å². The second-order valence-electron chi connectivity index (χ2n) is 7.26. The average molecular weight is 450 g/mol. The summed E-state index contributed by atoms with van der Waals surface area (Å²) in [4.78, 5) is 26.6. The van der Waals surface area contributed by atoms with Gasteiger partial charge in [-0.3, -0.25) is 9.59 Å². The summed E-state index contributed by atoms with van der Waals surface area (Å²) in [5, 5.41) is 0. The van der Waals surface area contributed by atoms with E-state index in [-0.39, 0.29) is 19.0 Å². The maximum Gasteiger partial charge on any atom is 0.325 e. The highest BCUT2D eigenvalue weighted by Crippen LogP contribution is 2.24. The Labute approximate surface area is 193 Å². The van der Waals surface area contributed by atoms with Crippen LogP contribution in [0, 0.1) is 0 Å². The molecule has 0 atom stereocenters. The number of esters is 1. The van der Waals surface area contributed by atoms with Gasteiger partial charge in [0, 0.05) is 18.2 Å². The molecular weight excluding hydrogens is 422 g/mol. The first-order valence-corrected chi connectivity index (χ1v) is 10.4. The van der Waals surface area contributed by atoms with Gasteiger partial charge in [0.2, 0.25) is 0 Å². The monoisotopic (exact) mass is 449 g/mol. The molecule has 0 saturated carbocycles.